The van der Waals surface area contributed by atoms with Crippen LogP contribution < -0.4 is 0 Å². The zero-order valence-corrected chi connectivity index (χ0v) is 13.8. The SMILES string of the molecule is Cc1c(Cl)cc2c(oc(=S)n2[C@@H]2CC(=O)[C@H]3OC[C@H]2O3)c1Cl. The first-order valence-corrected chi connectivity index (χ1v) is 7.93. The summed E-state index contributed by atoms with van der Waals surface area (Å²) in [4.78, 5) is 12.3. The van der Waals surface area contributed by atoms with E-state index in [9.17, 15) is 4.79 Å². The van der Waals surface area contributed by atoms with E-state index in [2.05, 4.69) is 0 Å². The van der Waals surface area contributed by atoms with Crippen molar-refractivity contribution in [2.24, 2.45) is 0 Å². The number of carbonyl (C=O) groups is 1. The molecule has 3 atom stereocenters. The van der Waals surface area contributed by atoms with Crippen LogP contribution in [0.4, 0.5) is 0 Å². The van der Waals surface area contributed by atoms with Gasteiger partial charge in [0.05, 0.1) is 23.2 Å². The standard InChI is InChI=1S/C14H11Cl2NO4S/c1-5-6(15)2-8-12(11(5)16)21-14(22)17(8)7-3-9(18)13-19-4-10(7)20-13/h2,7,10,13H,3-4H2,1H3/t7-,10-,13+/m1/s1. The first-order chi connectivity index (χ1) is 10.5. The van der Waals surface area contributed by atoms with Gasteiger partial charge in [-0.3, -0.25) is 9.36 Å². The molecule has 3 heterocycles. The number of Topliss-reactive ketones (excluding diaryl/α,β-unsaturated/α-hetero) is 1. The van der Waals surface area contributed by atoms with Gasteiger partial charge in [0.15, 0.2) is 11.4 Å². The number of rotatable bonds is 1. The molecule has 2 bridgehead atoms. The number of nitrogens with zero attached hydrogens (tertiary/aromatic N) is 1. The Morgan fingerprint density at radius 1 is 1.41 bits per heavy atom. The summed E-state index contributed by atoms with van der Waals surface area (Å²) < 4.78 is 18.3. The lowest BCUT2D eigenvalue weighted by Gasteiger charge is -2.27. The van der Waals surface area contributed by atoms with Crippen LogP contribution in [0.2, 0.25) is 10.0 Å². The van der Waals surface area contributed by atoms with Gasteiger partial charge in [0.25, 0.3) is 4.84 Å². The highest BCUT2D eigenvalue weighted by Gasteiger charge is 2.45. The summed E-state index contributed by atoms with van der Waals surface area (Å²) in [7, 11) is 0. The normalized spacial score (nSPS) is 27.8. The minimum atomic E-state index is -0.747. The Balaban J connectivity index is 1.94. The molecule has 0 N–H and O–H groups in total. The lowest BCUT2D eigenvalue weighted by Crippen LogP contribution is -2.37. The van der Waals surface area contributed by atoms with Gasteiger partial charge < -0.3 is 13.9 Å². The van der Waals surface area contributed by atoms with E-state index in [4.69, 9.17) is 49.3 Å². The Hall–Kier alpha value is -0.920. The van der Waals surface area contributed by atoms with Crippen molar-refractivity contribution in [3.05, 3.63) is 26.5 Å². The average Bonchev–Trinajstić information content (AvgIpc) is 3.04. The first kappa shape index (κ1) is 14.7. The third-order valence-corrected chi connectivity index (χ3v) is 5.30. The Kier molecular flexibility index (Phi) is 3.36. The second kappa shape index (κ2) is 5.04. The van der Waals surface area contributed by atoms with Crippen LogP contribution in [0.1, 0.15) is 18.0 Å². The summed E-state index contributed by atoms with van der Waals surface area (Å²) in [5, 5.41) is 0.946. The largest absolute Gasteiger partial charge is 0.428 e. The lowest BCUT2D eigenvalue weighted by atomic mass is 10.0. The van der Waals surface area contributed by atoms with E-state index in [1.807, 2.05) is 6.92 Å². The van der Waals surface area contributed by atoms with E-state index in [1.54, 1.807) is 10.6 Å². The number of carbonyl (C=O) groups excluding carboxylic acids is 1. The van der Waals surface area contributed by atoms with Crippen molar-refractivity contribution >= 4 is 52.3 Å². The molecule has 0 amide bonds. The summed E-state index contributed by atoms with van der Waals surface area (Å²) in [6, 6.07) is 1.47. The van der Waals surface area contributed by atoms with Crippen LogP contribution in [0, 0.1) is 11.8 Å². The minimum Gasteiger partial charge on any atom is -0.428 e. The molecule has 0 spiro atoms. The van der Waals surface area contributed by atoms with Gasteiger partial charge >= 0.3 is 0 Å². The molecular weight excluding hydrogens is 349 g/mol. The van der Waals surface area contributed by atoms with Gasteiger partial charge in [-0.2, -0.15) is 0 Å². The molecule has 2 saturated heterocycles. The van der Waals surface area contributed by atoms with Crippen LogP contribution in [0.5, 0.6) is 0 Å². The number of hydrogen-bond donors (Lipinski definition) is 0. The van der Waals surface area contributed by atoms with Crippen molar-refractivity contribution in [3.63, 3.8) is 0 Å². The Labute approximate surface area is 140 Å². The van der Waals surface area contributed by atoms with Gasteiger partial charge in [-0.15, -0.1) is 0 Å². The quantitative estimate of drug-likeness (QED) is 0.724. The van der Waals surface area contributed by atoms with Gasteiger partial charge in [-0.1, -0.05) is 23.2 Å². The van der Waals surface area contributed by atoms with Gasteiger partial charge in [-0.05, 0) is 30.8 Å². The van der Waals surface area contributed by atoms with E-state index < -0.39 is 6.29 Å². The van der Waals surface area contributed by atoms with Crippen molar-refractivity contribution in [2.75, 3.05) is 6.61 Å². The highest BCUT2D eigenvalue weighted by atomic mass is 35.5. The maximum atomic E-state index is 12.0. The second-order valence-corrected chi connectivity index (χ2v) is 6.60. The number of benzene rings is 1. The molecule has 2 aromatic rings. The number of ether oxygens (including phenoxy) is 2. The highest BCUT2D eigenvalue weighted by Crippen LogP contribution is 2.39. The highest BCUT2D eigenvalue weighted by molar-refractivity contribution is 7.71. The molecule has 0 radical (unpaired) electrons. The number of aromatic nitrogens is 1. The zero-order valence-electron chi connectivity index (χ0n) is 11.5. The average molecular weight is 360 g/mol. The summed E-state index contributed by atoms with van der Waals surface area (Å²) in [6.07, 6.45) is -0.710. The molecule has 0 unspecified atom stereocenters. The van der Waals surface area contributed by atoms with Crippen LogP contribution in [0.15, 0.2) is 10.5 Å². The fourth-order valence-corrected chi connectivity index (χ4v) is 3.79. The topological polar surface area (TPSA) is 53.6 Å². The number of oxazole rings is 1. The second-order valence-electron chi connectivity index (χ2n) is 5.46. The van der Waals surface area contributed by atoms with E-state index >= 15 is 0 Å². The van der Waals surface area contributed by atoms with Crippen molar-refractivity contribution < 1.29 is 18.7 Å². The molecule has 1 aromatic carbocycles. The monoisotopic (exact) mass is 359 g/mol. The fourth-order valence-electron chi connectivity index (χ4n) is 2.99. The Bertz CT molecular complexity index is 859. The Morgan fingerprint density at radius 3 is 2.95 bits per heavy atom. The molecule has 22 heavy (non-hydrogen) atoms. The zero-order chi connectivity index (χ0) is 15.6. The molecule has 0 saturated carbocycles. The molecular formula is C14H11Cl2NO4S. The molecule has 2 aliphatic rings. The van der Waals surface area contributed by atoms with Crippen molar-refractivity contribution in [1.29, 1.82) is 0 Å². The van der Waals surface area contributed by atoms with Crippen molar-refractivity contribution in [2.45, 2.75) is 31.8 Å². The molecule has 5 nitrogen and oxygen atoms in total. The summed E-state index contributed by atoms with van der Waals surface area (Å²) >= 11 is 17.8. The van der Waals surface area contributed by atoms with E-state index in [-0.39, 0.29) is 29.2 Å². The molecule has 2 aliphatic heterocycles. The van der Waals surface area contributed by atoms with Crippen LogP contribution in [0.25, 0.3) is 11.1 Å². The predicted molar refractivity (Wildman–Crippen MR) is 83.1 cm³/mol. The van der Waals surface area contributed by atoms with Gasteiger partial charge in [-0.25, -0.2) is 0 Å². The number of hydrogen-bond acceptors (Lipinski definition) is 5. The third kappa shape index (κ3) is 1.98. The number of fused-ring (bicyclic) bond motifs is 3. The first-order valence-electron chi connectivity index (χ1n) is 6.77. The predicted octanol–water partition coefficient (Wildman–Crippen LogP) is 3.83. The van der Waals surface area contributed by atoms with E-state index in [0.717, 1.165) is 5.56 Å². The van der Waals surface area contributed by atoms with E-state index in [1.165, 1.54) is 0 Å². The van der Waals surface area contributed by atoms with Crippen LogP contribution >= 0.6 is 35.4 Å². The van der Waals surface area contributed by atoms with Crippen LogP contribution in [-0.4, -0.2) is 29.4 Å². The smallest absolute Gasteiger partial charge is 0.270 e. The lowest BCUT2D eigenvalue weighted by molar-refractivity contribution is -0.156. The van der Waals surface area contributed by atoms with Gasteiger partial charge in [0.2, 0.25) is 6.29 Å². The Morgan fingerprint density at radius 2 is 2.18 bits per heavy atom. The van der Waals surface area contributed by atoms with Crippen LogP contribution in [-0.2, 0) is 14.3 Å². The summed E-state index contributed by atoms with van der Waals surface area (Å²) in [5.74, 6) is -0.0979. The van der Waals surface area contributed by atoms with E-state index in [0.29, 0.717) is 27.8 Å². The number of halogens is 2. The molecule has 1 aromatic heterocycles. The third-order valence-electron chi connectivity index (χ3n) is 4.17. The number of ketones is 1. The molecule has 4 rings (SSSR count). The van der Waals surface area contributed by atoms with Crippen LogP contribution in [0.3, 0.4) is 0 Å². The molecule has 2 fully saturated rings. The molecule has 8 heteroatoms. The van der Waals surface area contributed by atoms with Gasteiger partial charge in [0.1, 0.15) is 6.10 Å². The summed E-state index contributed by atoms with van der Waals surface area (Å²) in [6.45, 7) is 2.16. The molecule has 116 valence electrons. The minimum absolute atomic E-state index is 0.0979. The van der Waals surface area contributed by atoms with Crippen molar-refractivity contribution in [1.82, 2.24) is 4.57 Å². The molecule has 0 aliphatic carbocycles. The maximum absolute atomic E-state index is 12.0. The summed E-state index contributed by atoms with van der Waals surface area (Å²) in [5.41, 5.74) is 1.87. The van der Waals surface area contributed by atoms with Gasteiger partial charge in [0, 0.05) is 11.4 Å². The van der Waals surface area contributed by atoms with Crippen molar-refractivity contribution in [3.8, 4) is 0 Å². The fraction of sp³-hybridized carbons (Fsp3) is 0.429. The maximum Gasteiger partial charge on any atom is 0.270 e.